The maximum Gasteiger partial charge on any atom is 0.161 e. The maximum absolute atomic E-state index is 5.70. The van der Waals surface area contributed by atoms with Crippen LogP contribution < -0.4 is 14.8 Å². The van der Waals surface area contributed by atoms with E-state index >= 15 is 0 Å². The van der Waals surface area contributed by atoms with Gasteiger partial charge in [-0.25, -0.2) is 0 Å². The number of hydrogen-bond donors (Lipinski definition) is 1. The second kappa shape index (κ2) is 6.15. The van der Waals surface area contributed by atoms with Crippen molar-refractivity contribution >= 4 is 28.7 Å². The lowest BCUT2D eigenvalue weighted by Crippen LogP contribution is -2.15. The van der Waals surface area contributed by atoms with E-state index in [0.29, 0.717) is 13.2 Å². The topological polar surface area (TPSA) is 30.5 Å². The first-order chi connectivity index (χ1) is 12.8. The highest BCUT2D eigenvalue weighted by Crippen LogP contribution is 2.45. The Morgan fingerprint density at radius 3 is 2.46 bits per heavy atom. The highest BCUT2D eigenvalue weighted by molar-refractivity contribution is 7.99. The van der Waals surface area contributed by atoms with Gasteiger partial charge in [0.05, 0.1) is 11.4 Å². The first-order valence-electron chi connectivity index (χ1n) is 8.55. The van der Waals surface area contributed by atoms with Crippen molar-refractivity contribution < 1.29 is 9.47 Å². The zero-order valence-corrected chi connectivity index (χ0v) is 14.9. The van der Waals surface area contributed by atoms with Crippen molar-refractivity contribution in [2.24, 2.45) is 0 Å². The second-order valence-electron chi connectivity index (χ2n) is 6.27. The molecule has 0 unspecified atom stereocenters. The molecule has 3 aromatic rings. The van der Waals surface area contributed by atoms with E-state index in [0.717, 1.165) is 39.6 Å². The Bertz CT molecular complexity index is 1030. The van der Waals surface area contributed by atoms with Crippen LogP contribution in [-0.4, -0.2) is 13.2 Å². The molecule has 0 spiro atoms. The molecule has 0 radical (unpaired) electrons. The van der Waals surface area contributed by atoms with Gasteiger partial charge in [-0.3, -0.25) is 0 Å². The van der Waals surface area contributed by atoms with Gasteiger partial charge >= 0.3 is 0 Å². The molecule has 4 heteroatoms. The Balaban J connectivity index is 1.47. The van der Waals surface area contributed by atoms with Crippen LogP contribution in [0.25, 0.3) is 5.57 Å². The average molecular weight is 359 g/mol. The number of nitrogens with one attached hydrogen (secondary N) is 1. The minimum atomic E-state index is 0.586. The zero-order valence-electron chi connectivity index (χ0n) is 14.1. The monoisotopic (exact) mass is 359 g/mol. The van der Waals surface area contributed by atoms with E-state index in [2.05, 4.69) is 54.4 Å². The largest absolute Gasteiger partial charge is 0.486 e. The van der Waals surface area contributed by atoms with Crippen LogP contribution in [0, 0.1) is 0 Å². The highest BCUT2D eigenvalue weighted by Gasteiger charge is 2.17. The predicted molar refractivity (Wildman–Crippen MR) is 106 cm³/mol. The number of anilines is 2. The Kier molecular flexibility index (Phi) is 3.64. The quantitative estimate of drug-likeness (QED) is 0.495. The normalized spacial score (nSPS) is 14.0. The summed E-state index contributed by atoms with van der Waals surface area (Å²) < 4.78 is 11.3. The van der Waals surface area contributed by atoms with E-state index in [1.807, 2.05) is 18.2 Å². The van der Waals surface area contributed by atoms with Gasteiger partial charge in [0.25, 0.3) is 0 Å². The molecule has 3 aromatic carbocycles. The van der Waals surface area contributed by atoms with Crippen molar-refractivity contribution in [3.05, 3.63) is 78.4 Å². The predicted octanol–water partition coefficient (Wildman–Crippen LogP) is 5.73. The molecule has 0 aromatic heterocycles. The lowest BCUT2D eigenvalue weighted by molar-refractivity contribution is 0.171. The molecule has 128 valence electrons. The van der Waals surface area contributed by atoms with Crippen LogP contribution in [0.1, 0.15) is 11.1 Å². The summed E-state index contributed by atoms with van der Waals surface area (Å²) in [6.07, 6.45) is 0. The molecule has 2 aliphatic rings. The minimum absolute atomic E-state index is 0.586. The van der Waals surface area contributed by atoms with E-state index in [4.69, 9.17) is 9.47 Å². The Labute approximate surface area is 156 Å². The fourth-order valence-corrected chi connectivity index (χ4v) is 4.19. The summed E-state index contributed by atoms with van der Waals surface area (Å²) >= 11 is 1.79. The first kappa shape index (κ1) is 15.4. The molecule has 3 nitrogen and oxygen atoms in total. The minimum Gasteiger partial charge on any atom is -0.486 e. The summed E-state index contributed by atoms with van der Waals surface area (Å²) in [6.45, 7) is 5.49. The zero-order chi connectivity index (χ0) is 17.5. The molecule has 1 N–H and O–H groups in total. The van der Waals surface area contributed by atoms with Gasteiger partial charge < -0.3 is 14.8 Å². The smallest absolute Gasteiger partial charge is 0.161 e. The number of ether oxygens (including phenoxy) is 2. The average Bonchev–Trinajstić information content (AvgIpc) is 2.71. The van der Waals surface area contributed by atoms with Crippen molar-refractivity contribution in [3.63, 3.8) is 0 Å². The SMILES string of the molecule is C=C(c1ccc2c(c1)Nc1ccccc1S2)c1ccc2c(c1)OCCO2. The molecule has 0 atom stereocenters. The van der Waals surface area contributed by atoms with Gasteiger partial charge in [0.15, 0.2) is 11.5 Å². The summed E-state index contributed by atoms with van der Waals surface area (Å²) in [4.78, 5) is 2.47. The molecular weight excluding hydrogens is 342 g/mol. The summed E-state index contributed by atoms with van der Waals surface area (Å²) in [6, 6.07) is 20.8. The third kappa shape index (κ3) is 2.63. The van der Waals surface area contributed by atoms with Gasteiger partial charge in [0, 0.05) is 9.79 Å². The summed E-state index contributed by atoms with van der Waals surface area (Å²) in [5.74, 6) is 1.59. The summed E-state index contributed by atoms with van der Waals surface area (Å²) in [5, 5.41) is 3.53. The third-order valence-electron chi connectivity index (χ3n) is 4.59. The number of fused-ring (bicyclic) bond motifs is 3. The molecule has 5 rings (SSSR count). The Morgan fingerprint density at radius 2 is 1.54 bits per heavy atom. The molecule has 2 aliphatic heterocycles. The van der Waals surface area contributed by atoms with Crippen LogP contribution in [0.3, 0.4) is 0 Å². The fraction of sp³-hybridized carbons (Fsp3) is 0.0909. The van der Waals surface area contributed by atoms with Gasteiger partial charge in [-0.15, -0.1) is 0 Å². The molecule has 0 saturated carbocycles. The summed E-state index contributed by atoms with van der Waals surface area (Å²) in [7, 11) is 0. The second-order valence-corrected chi connectivity index (χ2v) is 7.35. The molecule has 0 amide bonds. The number of rotatable bonds is 2. The van der Waals surface area contributed by atoms with Crippen LogP contribution in [-0.2, 0) is 0 Å². The van der Waals surface area contributed by atoms with Crippen molar-refractivity contribution in [2.75, 3.05) is 18.5 Å². The molecule has 0 bridgehead atoms. The van der Waals surface area contributed by atoms with E-state index in [1.165, 1.54) is 9.79 Å². The van der Waals surface area contributed by atoms with E-state index < -0.39 is 0 Å². The van der Waals surface area contributed by atoms with Crippen molar-refractivity contribution in [1.29, 1.82) is 0 Å². The van der Waals surface area contributed by atoms with Crippen molar-refractivity contribution in [2.45, 2.75) is 9.79 Å². The van der Waals surface area contributed by atoms with Crippen LogP contribution in [0.2, 0.25) is 0 Å². The van der Waals surface area contributed by atoms with Crippen LogP contribution in [0.5, 0.6) is 11.5 Å². The van der Waals surface area contributed by atoms with Gasteiger partial charge in [-0.2, -0.15) is 0 Å². The van der Waals surface area contributed by atoms with Crippen molar-refractivity contribution in [3.8, 4) is 11.5 Å². The number of para-hydroxylation sites is 1. The Morgan fingerprint density at radius 1 is 0.808 bits per heavy atom. The molecule has 0 aliphatic carbocycles. The molecule has 26 heavy (non-hydrogen) atoms. The van der Waals surface area contributed by atoms with E-state index in [9.17, 15) is 0 Å². The Hall–Kier alpha value is -2.85. The van der Waals surface area contributed by atoms with Crippen LogP contribution >= 0.6 is 11.8 Å². The van der Waals surface area contributed by atoms with E-state index in [-0.39, 0.29) is 0 Å². The lowest BCUT2D eigenvalue weighted by atomic mass is 9.98. The van der Waals surface area contributed by atoms with Gasteiger partial charge in [0.2, 0.25) is 0 Å². The standard InChI is InChI=1S/C22H17NO2S/c1-14(16-6-8-19-20(13-16)25-11-10-24-19)15-7-9-22-18(12-15)23-17-4-2-3-5-21(17)26-22/h2-9,12-13,23H,1,10-11H2. The number of hydrogen-bond acceptors (Lipinski definition) is 4. The van der Waals surface area contributed by atoms with Crippen molar-refractivity contribution in [1.82, 2.24) is 0 Å². The lowest BCUT2D eigenvalue weighted by Gasteiger charge is -2.22. The van der Waals surface area contributed by atoms with Gasteiger partial charge in [-0.1, -0.05) is 42.6 Å². The molecule has 0 saturated heterocycles. The first-order valence-corrected chi connectivity index (χ1v) is 9.37. The van der Waals surface area contributed by atoms with Gasteiger partial charge in [0.1, 0.15) is 13.2 Å². The third-order valence-corrected chi connectivity index (χ3v) is 5.75. The van der Waals surface area contributed by atoms with Crippen LogP contribution in [0.4, 0.5) is 11.4 Å². The summed E-state index contributed by atoms with van der Waals surface area (Å²) in [5.41, 5.74) is 5.36. The molecule has 0 fully saturated rings. The molecular formula is C22H17NO2S. The maximum atomic E-state index is 5.70. The number of benzene rings is 3. The van der Waals surface area contributed by atoms with Gasteiger partial charge in [-0.05, 0) is 53.1 Å². The fourth-order valence-electron chi connectivity index (χ4n) is 3.22. The van der Waals surface area contributed by atoms with E-state index in [1.54, 1.807) is 11.8 Å². The van der Waals surface area contributed by atoms with Crippen LogP contribution in [0.15, 0.2) is 77.0 Å². The highest BCUT2D eigenvalue weighted by atomic mass is 32.2. The molecule has 2 heterocycles.